The minimum Gasteiger partial charge on any atom is -0.469 e. The summed E-state index contributed by atoms with van der Waals surface area (Å²) in [4.78, 5) is 22.4. The standard InChI is InChI=1S/C24H46O3/c1-3-20-23(25)21-18-16-14-12-10-8-6-4-5-7-9-11-13-15-17-19-22-24(26)27-2/h3-22H2,1-2H3. The molecule has 0 aromatic carbocycles. The van der Waals surface area contributed by atoms with Gasteiger partial charge in [-0.1, -0.05) is 96.8 Å². The molecular formula is C24H46O3. The lowest BCUT2D eigenvalue weighted by Crippen LogP contribution is -1.99. The van der Waals surface area contributed by atoms with E-state index < -0.39 is 0 Å². The van der Waals surface area contributed by atoms with E-state index in [2.05, 4.69) is 11.7 Å². The second kappa shape index (κ2) is 21.4. The molecule has 0 saturated carbocycles. The molecule has 0 heterocycles. The number of rotatable bonds is 21. The third-order valence-corrected chi connectivity index (χ3v) is 5.34. The molecule has 0 unspecified atom stereocenters. The Hall–Kier alpha value is -0.860. The Morgan fingerprint density at radius 2 is 0.852 bits per heavy atom. The molecule has 0 aliphatic carbocycles. The predicted molar refractivity (Wildman–Crippen MR) is 115 cm³/mol. The second-order valence-corrected chi connectivity index (χ2v) is 8.02. The van der Waals surface area contributed by atoms with E-state index in [1.54, 1.807) is 0 Å². The van der Waals surface area contributed by atoms with E-state index >= 15 is 0 Å². The molecule has 27 heavy (non-hydrogen) atoms. The number of Topliss-reactive ketones (excluding diaryl/α,β-unsaturated/α-hetero) is 1. The molecule has 3 heteroatoms. The molecule has 0 radical (unpaired) electrons. The zero-order chi connectivity index (χ0) is 20.0. The van der Waals surface area contributed by atoms with Gasteiger partial charge in [-0.15, -0.1) is 0 Å². The summed E-state index contributed by atoms with van der Waals surface area (Å²) in [5.41, 5.74) is 0. The van der Waals surface area contributed by atoms with Crippen molar-refractivity contribution in [1.29, 1.82) is 0 Å². The van der Waals surface area contributed by atoms with Crippen LogP contribution in [0.3, 0.4) is 0 Å². The normalized spacial score (nSPS) is 10.9. The average molecular weight is 383 g/mol. The maximum Gasteiger partial charge on any atom is 0.305 e. The first kappa shape index (κ1) is 26.1. The highest BCUT2D eigenvalue weighted by Gasteiger charge is 2.00. The highest BCUT2D eigenvalue weighted by Crippen LogP contribution is 2.14. The van der Waals surface area contributed by atoms with Gasteiger partial charge in [0.2, 0.25) is 0 Å². The smallest absolute Gasteiger partial charge is 0.305 e. The zero-order valence-corrected chi connectivity index (χ0v) is 18.4. The number of ketones is 1. The fraction of sp³-hybridized carbons (Fsp3) is 0.917. The van der Waals surface area contributed by atoms with E-state index in [4.69, 9.17) is 0 Å². The van der Waals surface area contributed by atoms with Gasteiger partial charge in [-0.3, -0.25) is 9.59 Å². The number of hydrogen-bond donors (Lipinski definition) is 0. The summed E-state index contributed by atoms with van der Waals surface area (Å²) in [6.45, 7) is 2.08. The highest BCUT2D eigenvalue weighted by atomic mass is 16.5. The maximum atomic E-state index is 11.4. The molecule has 0 spiro atoms. The van der Waals surface area contributed by atoms with Crippen LogP contribution >= 0.6 is 0 Å². The van der Waals surface area contributed by atoms with Crippen LogP contribution in [0.2, 0.25) is 0 Å². The zero-order valence-electron chi connectivity index (χ0n) is 18.4. The van der Waals surface area contributed by atoms with Crippen molar-refractivity contribution in [2.24, 2.45) is 0 Å². The van der Waals surface area contributed by atoms with Crippen LogP contribution in [0, 0.1) is 0 Å². The van der Waals surface area contributed by atoms with Crippen molar-refractivity contribution < 1.29 is 14.3 Å². The van der Waals surface area contributed by atoms with Crippen molar-refractivity contribution in [3.63, 3.8) is 0 Å². The van der Waals surface area contributed by atoms with Gasteiger partial charge < -0.3 is 4.74 Å². The summed E-state index contributed by atoms with van der Waals surface area (Å²) in [6.07, 6.45) is 23.9. The van der Waals surface area contributed by atoms with Gasteiger partial charge in [0.25, 0.3) is 0 Å². The predicted octanol–water partition coefficient (Wildman–Crippen LogP) is 7.55. The van der Waals surface area contributed by atoms with Crippen LogP contribution in [0.4, 0.5) is 0 Å². The summed E-state index contributed by atoms with van der Waals surface area (Å²) in [5.74, 6) is 0.380. The van der Waals surface area contributed by atoms with Crippen LogP contribution in [0.1, 0.15) is 135 Å². The number of ether oxygens (including phenoxy) is 1. The number of hydrogen-bond acceptors (Lipinski definition) is 3. The molecular weight excluding hydrogens is 336 g/mol. The molecule has 0 aliphatic rings. The van der Waals surface area contributed by atoms with Crippen molar-refractivity contribution in [3.8, 4) is 0 Å². The van der Waals surface area contributed by atoms with Crippen LogP contribution in [-0.4, -0.2) is 18.9 Å². The van der Waals surface area contributed by atoms with E-state index in [0.717, 1.165) is 38.5 Å². The van der Waals surface area contributed by atoms with Crippen molar-refractivity contribution in [3.05, 3.63) is 0 Å². The fourth-order valence-electron chi connectivity index (χ4n) is 3.57. The quantitative estimate of drug-likeness (QED) is 0.152. The van der Waals surface area contributed by atoms with Gasteiger partial charge in [-0.25, -0.2) is 0 Å². The Kier molecular flexibility index (Phi) is 20.8. The molecule has 0 rings (SSSR count). The lowest BCUT2D eigenvalue weighted by molar-refractivity contribution is -0.140. The second-order valence-electron chi connectivity index (χ2n) is 8.02. The Morgan fingerprint density at radius 3 is 1.19 bits per heavy atom. The van der Waals surface area contributed by atoms with Gasteiger partial charge in [0.15, 0.2) is 0 Å². The van der Waals surface area contributed by atoms with Crippen LogP contribution in [-0.2, 0) is 14.3 Å². The molecule has 0 aromatic heterocycles. The number of methoxy groups -OCH3 is 1. The first-order chi connectivity index (χ1) is 13.2. The number of carbonyl (C=O) groups excluding carboxylic acids is 2. The molecule has 0 amide bonds. The van der Waals surface area contributed by atoms with Crippen LogP contribution in [0.15, 0.2) is 0 Å². The van der Waals surface area contributed by atoms with Crippen LogP contribution in [0.25, 0.3) is 0 Å². The Labute approximate surface area is 169 Å². The topological polar surface area (TPSA) is 43.4 Å². The molecule has 0 bridgehead atoms. The fourth-order valence-corrected chi connectivity index (χ4v) is 3.57. The lowest BCUT2D eigenvalue weighted by atomic mass is 10.0. The lowest BCUT2D eigenvalue weighted by Gasteiger charge is -2.04. The molecule has 0 saturated heterocycles. The van der Waals surface area contributed by atoms with E-state index in [1.165, 1.54) is 90.6 Å². The third kappa shape index (κ3) is 21.3. The Balaban J connectivity index is 3.07. The van der Waals surface area contributed by atoms with Gasteiger partial charge in [0, 0.05) is 19.3 Å². The van der Waals surface area contributed by atoms with E-state index in [1.807, 2.05) is 0 Å². The summed E-state index contributed by atoms with van der Waals surface area (Å²) in [7, 11) is 1.46. The summed E-state index contributed by atoms with van der Waals surface area (Å²) >= 11 is 0. The van der Waals surface area contributed by atoms with Crippen molar-refractivity contribution >= 4 is 11.8 Å². The van der Waals surface area contributed by atoms with Crippen LogP contribution in [0.5, 0.6) is 0 Å². The number of carbonyl (C=O) groups is 2. The van der Waals surface area contributed by atoms with Gasteiger partial charge in [-0.2, -0.15) is 0 Å². The molecule has 0 aromatic rings. The molecule has 0 fully saturated rings. The Bertz CT molecular complexity index is 339. The third-order valence-electron chi connectivity index (χ3n) is 5.34. The number of esters is 1. The van der Waals surface area contributed by atoms with Crippen molar-refractivity contribution in [1.82, 2.24) is 0 Å². The van der Waals surface area contributed by atoms with Gasteiger partial charge >= 0.3 is 5.97 Å². The largest absolute Gasteiger partial charge is 0.469 e. The summed E-state index contributed by atoms with van der Waals surface area (Å²) in [5, 5.41) is 0. The molecule has 0 N–H and O–H groups in total. The minimum absolute atomic E-state index is 0.0751. The summed E-state index contributed by atoms with van der Waals surface area (Å²) in [6, 6.07) is 0. The molecule has 0 atom stereocenters. The SMILES string of the molecule is CCCC(=O)CCCCCCCCCCCCCCCCCCC(=O)OC. The van der Waals surface area contributed by atoms with E-state index in [-0.39, 0.29) is 5.97 Å². The molecule has 3 nitrogen and oxygen atoms in total. The van der Waals surface area contributed by atoms with Crippen LogP contribution < -0.4 is 0 Å². The Morgan fingerprint density at radius 1 is 0.519 bits per heavy atom. The van der Waals surface area contributed by atoms with E-state index in [9.17, 15) is 9.59 Å². The number of unbranched alkanes of at least 4 members (excludes halogenated alkanes) is 15. The average Bonchev–Trinajstić information content (AvgIpc) is 2.67. The first-order valence-corrected chi connectivity index (χ1v) is 11.8. The van der Waals surface area contributed by atoms with Gasteiger partial charge in [-0.05, 0) is 19.3 Å². The van der Waals surface area contributed by atoms with Gasteiger partial charge in [0.05, 0.1) is 7.11 Å². The monoisotopic (exact) mass is 382 g/mol. The minimum atomic E-state index is -0.0751. The summed E-state index contributed by atoms with van der Waals surface area (Å²) < 4.78 is 4.64. The molecule has 0 aliphatic heterocycles. The highest BCUT2D eigenvalue weighted by molar-refractivity contribution is 5.78. The van der Waals surface area contributed by atoms with Gasteiger partial charge in [0.1, 0.15) is 5.78 Å². The van der Waals surface area contributed by atoms with Crippen molar-refractivity contribution in [2.75, 3.05) is 7.11 Å². The van der Waals surface area contributed by atoms with Crippen molar-refractivity contribution in [2.45, 2.75) is 135 Å². The first-order valence-electron chi connectivity index (χ1n) is 11.8. The maximum absolute atomic E-state index is 11.4. The molecule has 160 valence electrons. The van der Waals surface area contributed by atoms with E-state index in [0.29, 0.717) is 12.2 Å².